The summed E-state index contributed by atoms with van der Waals surface area (Å²) in [4.78, 5) is 13.0. The largest absolute Gasteiger partial charge is 0.370 e. The van der Waals surface area contributed by atoms with Crippen molar-refractivity contribution in [3.8, 4) is 0 Å². The molecular formula is C14H20N4S2. The van der Waals surface area contributed by atoms with Crippen molar-refractivity contribution in [2.45, 2.75) is 19.9 Å². The summed E-state index contributed by atoms with van der Waals surface area (Å²) in [7, 11) is 0. The van der Waals surface area contributed by atoms with Gasteiger partial charge in [0.2, 0.25) is 0 Å². The molecule has 0 bridgehead atoms. The zero-order valence-corrected chi connectivity index (χ0v) is 13.4. The molecule has 3 heterocycles. The molecule has 6 heteroatoms. The van der Waals surface area contributed by atoms with E-state index in [0.29, 0.717) is 0 Å². The molecule has 0 spiro atoms. The first-order chi connectivity index (χ1) is 9.86. The lowest BCUT2D eigenvalue weighted by atomic mass is 10.3. The summed E-state index contributed by atoms with van der Waals surface area (Å²) in [6.07, 6.45) is 1.27. The molecule has 2 aromatic heterocycles. The number of thioether (sulfide) groups is 1. The Labute approximate surface area is 128 Å². The Morgan fingerprint density at radius 2 is 2.25 bits per heavy atom. The van der Waals surface area contributed by atoms with Crippen LogP contribution in [0.4, 0.5) is 5.82 Å². The van der Waals surface area contributed by atoms with Crippen molar-refractivity contribution in [2.75, 3.05) is 36.5 Å². The minimum atomic E-state index is 0.868. The third-order valence-electron chi connectivity index (χ3n) is 3.40. The Balaban J connectivity index is 1.82. The summed E-state index contributed by atoms with van der Waals surface area (Å²) in [5.74, 6) is 4.44. The summed E-state index contributed by atoms with van der Waals surface area (Å²) >= 11 is 3.75. The van der Waals surface area contributed by atoms with Crippen LogP contribution in [0, 0.1) is 0 Å². The normalized spacial score (nSPS) is 17.2. The van der Waals surface area contributed by atoms with E-state index in [0.717, 1.165) is 48.0 Å². The van der Waals surface area contributed by atoms with E-state index in [-0.39, 0.29) is 0 Å². The summed E-state index contributed by atoms with van der Waals surface area (Å²) in [6, 6.07) is 2.10. The van der Waals surface area contributed by atoms with E-state index in [1.807, 2.05) is 0 Å². The van der Waals surface area contributed by atoms with E-state index in [2.05, 4.69) is 40.3 Å². The quantitative estimate of drug-likeness (QED) is 0.940. The number of hydrogen-bond donors (Lipinski definition) is 1. The molecule has 1 aliphatic heterocycles. The van der Waals surface area contributed by atoms with Crippen molar-refractivity contribution in [3.05, 3.63) is 17.3 Å². The molecule has 3 rings (SSSR count). The Bertz CT molecular complexity index is 561. The fraction of sp³-hybridized carbons (Fsp3) is 0.571. The predicted octanol–water partition coefficient (Wildman–Crippen LogP) is 3.06. The molecule has 0 radical (unpaired) electrons. The zero-order chi connectivity index (χ0) is 13.8. The van der Waals surface area contributed by atoms with Crippen molar-refractivity contribution >= 4 is 39.1 Å². The molecule has 2 aromatic rings. The summed E-state index contributed by atoms with van der Waals surface area (Å²) < 4.78 is 0. The number of nitrogens with one attached hydrogen (secondary N) is 1. The van der Waals surface area contributed by atoms with Crippen molar-refractivity contribution in [1.29, 1.82) is 0 Å². The topological polar surface area (TPSA) is 41.1 Å². The van der Waals surface area contributed by atoms with Crippen molar-refractivity contribution < 1.29 is 0 Å². The molecule has 1 fully saturated rings. The Kier molecular flexibility index (Phi) is 4.75. The van der Waals surface area contributed by atoms with E-state index in [1.165, 1.54) is 17.9 Å². The third-order valence-corrected chi connectivity index (χ3v) is 5.25. The maximum Gasteiger partial charge on any atom is 0.146 e. The number of hydrogen-bond acceptors (Lipinski definition) is 6. The predicted molar refractivity (Wildman–Crippen MR) is 88.8 cm³/mol. The number of thiophene rings is 1. The summed E-state index contributed by atoms with van der Waals surface area (Å²) in [5, 5.41) is 6.59. The van der Waals surface area contributed by atoms with Crippen LogP contribution in [0.1, 0.15) is 19.2 Å². The van der Waals surface area contributed by atoms with Gasteiger partial charge < -0.3 is 5.32 Å². The van der Waals surface area contributed by atoms with Gasteiger partial charge in [-0.3, -0.25) is 4.90 Å². The second-order valence-electron chi connectivity index (χ2n) is 4.90. The second-order valence-corrected chi connectivity index (χ2v) is 7.02. The van der Waals surface area contributed by atoms with Gasteiger partial charge in [-0.25, -0.2) is 9.97 Å². The average Bonchev–Trinajstić information content (AvgIpc) is 2.77. The lowest BCUT2D eigenvalue weighted by Gasteiger charge is -2.18. The van der Waals surface area contributed by atoms with E-state index in [9.17, 15) is 0 Å². The summed E-state index contributed by atoms with van der Waals surface area (Å²) in [5.41, 5.74) is 0. The SMILES string of the molecule is CCNc1nc(CN2CCCSCC2)nc2sccc12. The molecule has 1 saturated heterocycles. The van der Waals surface area contributed by atoms with Gasteiger partial charge in [-0.2, -0.15) is 11.8 Å². The van der Waals surface area contributed by atoms with Gasteiger partial charge >= 0.3 is 0 Å². The molecule has 1 aliphatic rings. The van der Waals surface area contributed by atoms with Crippen molar-refractivity contribution in [1.82, 2.24) is 14.9 Å². The van der Waals surface area contributed by atoms with E-state index in [1.54, 1.807) is 11.3 Å². The van der Waals surface area contributed by atoms with Gasteiger partial charge in [0.05, 0.1) is 11.9 Å². The molecule has 0 aliphatic carbocycles. The van der Waals surface area contributed by atoms with E-state index in [4.69, 9.17) is 9.97 Å². The second kappa shape index (κ2) is 6.74. The fourth-order valence-corrected chi connectivity index (χ4v) is 4.14. The summed E-state index contributed by atoms with van der Waals surface area (Å²) in [6.45, 7) is 6.17. The standard InChI is InChI=1S/C14H20N4S2/c1-2-15-13-11-4-8-20-14(11)17-12(16-13)10-18-5-3-7-19-9-6-18/h4,8H,2-3,5-7,9-10H2,1H3,(H,15,16,17). The van der Waals surface area contributed by atoms with Crippen LogP contribution >= 0.6 is 23.1 Å². The number of fused-ring (bicyclic) bond motifs is 1. The first-order valence-electron chi connectivity index (χ1n) is 7.15. The molecule has 4 nitrogen and oxygen atoms in total. The lowest BCUT2D eigenvalue weighted by molar-refractivity contribution is 0.281. The van der Waals surface area contributed by atoms with Crippen LogP contribution in [-0.2, 0) is 6.54 Å². The Morgan fingerprint density at radius 3 is 3.15 bits per heavy atom. The van der Waals surface area contributed by atoms with E-state index >= 15 is 0 Å². The van der Waals surface area contributed by atoms with Gasteiger partial charge in [-0.1, -0.05) is 0 Å². The van der Waals surface area contributed by atoms with Crippen LogP contribution in [0.2, 0.25) is 0 Å². The number of aromatic nitrogens is 2. The van der Waals surface area contributed by atoms with Crippen LogP contribution < -0.4 is 5.32 Å². The minimum Gasteiger partial charge on any atom is -0.370 e. The molecule has 108 valence electrons. The van der Waals surface area contributed by atoms with Gasteiger partial charge in [0, 0.05) is 18.8 Å². The van der Waals surface area contributed by atoms with Crippen molar-refractivity contribution in [3.63, 3.8) is 0 Å². The van der Waals surface area contributed by atoms with Gasteiger partial charge in [0.25, 0.3) is 0 Å². The molecule has 0 unspecified atom stereocenters. The molecular weight excluding hydrogens is 288 g/mol. The lowest BCUT2D eigenvalue weighted by Crippen LogP contribution is -2.26. The molecule has 0 saturated carbocycles. The third kappa shape index (κ3) is 3.24. The maximum absolute atomic E-state index is 4.72. The molecule has 0 atom stereocenters. The highest BCUT2D eigenvalue weighted by atomic mass is 32.2. The number of rotatable bonds is 4. The van der Waals surface area contributed by atoms with Gasteiger partial charge in [0.15, 0.2) is 0 Å². The first kappa shape index (κ1) is 14.1. The van der Waals surface area contributed by atoms with Gasteiger partial charge in [-0.15, -0.1) is 11.3 Å². The molecule has 20 heavy (non-hydrogen) atoms. The fourth-order valence-electron chi connectivity index (χ4n) is 2.43. The van der Waals surface area contributed by atoms with Crippen molar-refractivity contribution in [2.24, 2.45) is 0 Å². The van der Waals surface area contributed by atoms with Crippen LogP contribution in [0.5, 0.6) is 0 Å². The van der Waals surface area contributed by atoms with Gasteiger partial charge in [-0.05, 0) is 37.1 Å². The van der Waals surface area contributed by atoms with Crippen LogP contribution in [0.25, 0.3) is 10.2 Å². The van der Waals surface area contributed by atoms with E-state index < -0.39 is 0 Å². The smallest absolute Gasteiger partial charge is 0.146 e. The Morgan fingerprint density at radius 1 is 1.30 bits per heavy atom. The van der Waals surface area contributed by atoms with Crippen LogP contribution in [0.3, 0.4) is 0 Å². The van der Waals surface area contributed by atoms with Gasteiger partial charge in [0.1, 0.15) is 16.5 Å². The van der Waals surface area contributed by atoms with Crippen LogP contribution in [0.15, 0.2) is 11.4 Å². The highest BCUT2D eigenvalue weighted by Crippen LogP contribution is 2.25. The monoisotopic (exact) mass is 308 g/mol. The molecule has 0 amide bonds. The average molecular weight is 308 g/mol. The molecule has 1 N–H and O–H groups in total. The minimum absolute atomic E-state index is 0.868. The number of nitrogens with zero attached hydrogens (tertiary/aromatic N) is 3. The maximum atomic E-state index is 4.72. The molecule has 0 aromatic carbocycles. The van der Waals surface area contributed by atoms with Crippen LogP contribution in [-0.4, -0.2) is 46.0 Å². The first-order valence-corrected chi connectivity index (χ1v) is 9.18. The Hall–Kier alpha value is -0.850. The highest BCUT2D eigenvalue weighted by Gasteiger charge is 2.13. The number of anilines is 1. The zero-order valence-electron chi connectivity index (χ0n) is 11.8. The highest BCUT2D eigenvalue weighted by molar-refractivity contribution is 7.99.